The van der Waals surface area contributed by atoms with E-state index in [4.69, 9.17) is 14.2 Å². The largest absolute Gasteiger partial charge is 0.460 e. The first kappa shape index (κ1) is 21.2. The summed E-state index contributed by atoms with van der Waals surface area (Å²) in [6.45, 7) is 11.1. The van der Waals surface area contributed by atoms with Gasteiger partial charge in [-0.2, -0.15) is 0 Å². The number of hydrogen-bond acceptors (Lipinski definition) is 5. The van der Waals surface area contributed by atoms with Crippen LogP contribution in [0.1, 0.15) is 80.1 Å². The molecule has 2 fully saturated rings. The standard InChI is InChI=1S/C21H36O5/c1-20(2,3)25-17(22)13-24-16-12-11-14-9-7-8-10-15(14)18(16)19(23)26-21(4,5)6/h14-16,18H,7-13H2,1-6H3. The van der Waals surface area contributed by atoms with Gasteiger partial charge >= 0.3 is 11.9 Å². The normalized spacial score (nSPS) is 29.6. The molecule has 0 aliphatic heterocycles. The topological polar surface area (TPSA) is 61.8 Å². The fourth-order valence-corrected chi connectivity index (χ4v) is 4.33. The molecule has 2 saturated carbocycles. The maximum atomic E-state index is 12.9. The molecule has 2 rings (SSSR count). The van der Waals surface area contributed by atoms with E-state index in [0.717, 1.165) is 25.7 Å². The van der Waals surface area contributed by atoms with Crippen LogP contribution in [0.4, 0.5) is 0 Å². The molecule has 0 aromatic rings. The first-order valence-electron chi connectivity index (χ1n) is 10.0. The lowest BCUT2D eigenvalue weighted by Gasteiger charge is -2.44. The Bertz CT molecular complexity index is 500. The van der Waals surface area contributed by atoms with Crippen LogP contribution in [0, 0.1) is 17.8 Å². The van der Waals surface area contributed by atoms with Gasteiger partial charge in [-0.05, 0) is 72.6 Å². The summed E-state index contributed by atoms with van der Waals surface area (Å²) < 4.78 is 17.0. The van der Waals surface area contributed by atoms with Crippen molar-refractivity contribution in [1.29, 1.82) is 0 Å². The molecule has 0 aromatic carbocycles. The van der Waals surface area contributed by atoms with E-state index >= 15 is 0 Å². The maximum absolute atomic E-state index is 12.9. The van der Waals surface area contributed by atoms with Gasteiger partial charge < -0.3 is 14.2 Å². The summed E-state index contributed by atoms with van der Waals surface area (Å²) in [7, 11) is 0. The second kappa shape index (κ2) is 8.28. The third-order valence-electron chi connectivity index (χ3n) is 5.17. The lowest BCUT2D eigenvalue weighted by Crippen LogP contribution is -2.47. The van der Waals surface area contributed by atoms with Gasteiger partial charge in [-0.1, -0.05) is 19.3 Å². The zero-order valence-corrected chi connectivity index (χ0v) is 17.3. The Kier molecular flexibility index (Phi) is 6.75. The van der Waals surface area contributed by atoms with Gasteiger partial charge in [0.15, 0.2) is 0 Å². The smallest absolute Gasteiger partial charge is 0.332 e. The van der Waals surface area contributed by atoms with Gasteiger partial charge in [-0.25, -0.2) is 4.79 Å². The lowest BCUT2D eigenvalue weighted by molar-refractivity contribution is -0.181. The number of esters is 2. The monoisotopic (exact) mass is 368 g/mol. The molecule has 2 aliphatic carbocycles. The van der Waals surface area contributed by atoms with Crippen molar-refractivity contribution in [1.82, 2.24) is 0 Å². The van der Waals surface area contributed by atoms with Crippen LogP contribution in [0.25, 0.3) is 0 Å². The second-order valence-corrected chi connectivity index (χ2v) is 9.78. The quantitative estimate of drug-likeness (QED) is 0.694. The summed E-state index contributed by atoms with van der Waals surface area (Å²) in [5.74, 6) is 0.0313. The van der Waals surface area contributed by atoms with E-state index in [1.807, 2.05) is 41.5 Å². The third kappa shape index (κ3) is 6.26. The van der Waals surface area contributed by atoms with Crippen molar-refractivity contribution in [3.63, 3.8) is 0 Å². The number of carbonyl (C=O) groups excluding carboxylic acids is 2. The minimum Gasteiger partial charge on any atom is -0.460 e. The molecule has 5 nitrogen and oxygen atoms in total. The number of rotatable bonds is 4. The second-order valence-electron chi connectivity index (χ2n) is 9.78. The Hall–Kier alpha value is -1.10. The van der Waals surface area contributed by atoms with Gasteiger partial charge in [0.1, 0.15) is 17.8 Å². The van der Waals surface area contributed by atoms with E-state index in [9.17, 15) is 9.59 Å². The molecule has 0 N–H and O–H groups in total. The molecule has 4 atom stereocenters. The first-order valence-corrected chi connectivity index (χ1v) is 10.0. The van der Waals surface area contributed by atoms with E-state index < -0.39 is 11.2 Å². The van der Waals surface area contributed by atoms with Crippen molar-refractivity contribution < 1.29 is 23.8 Å². The Morgan fingerprint density at radius 2 is 1.46 bits per heavy atom. The number of fused-ring (bicyclic) bond motifs is 1. The molecule has 0 spiro atoms. The Labute approximate surface area is 158 Å². The highest BCUT2D eigenvalue weighted by Crippen LogP contribution is 2.45. The summed E-state index contributed by atoms with van der Waals surface area (Å²) in [5.41, 5.74) is -1.06. The molecular weight excluding hydrogens is 332 g/mol. The molecule has 0 heterocycles. The van der Waals surface area contributed by atoms with Crippen molar-refractivity contribution in [2.24, 2.45) is 17.8 Å². The Morgan fingerprint density at radius 1 is 0.846 bits per heavy atom. The molecular formula is C21H36O5. The predicted octanol–water partition coefficient (Wildman–Crippen LogP) is 4.27. The number of hydrogen-bond donors (Lipinski definition) is 0. The Morgan fingerprint density at radius 3 is 2.08 bits per heavy atom. The summed E-state index contributed by atoms with van der Waals surface area (Å²) in [6, 6.07) is 0. The van der Waals surface area contributed by atoms with Crippen molar-refractivity contribution in [2.45, 2.75) is 97.4 Å². The van der Waals surface area contributed by atoms with Crippen molar-refractivity contribution in [3.8, 4) is 0 Å². The van der Waals surface area contributed by atoms with Crippen LogP contribution in [0.5, 0.6) is 0 Å². The molecule has 0 bridgehead atoms. The molecule has 4 unspecified atom stereocenters. The summed E-state index contributed by atoms with van der Waals surface area (Å²) in [5, 5.41) is 0. The van der Waals surface area contributed by atoms with Crippen molar-refractivity contribution in [2.75, 3.05) is 6.61 Å². The highest BCUT2D eigenvalue weighted by Gasteiger charge is 2.46. The highest BCUT2D eigenvalue weighted by atomic mass is 16.6. The van der Waals surface area contributed by atoms with Gasteiger partial charge in [0.25, 0.3) is 0 Å². The van der Waals surface area contributed by atoms with Crippen LogP contribution in [-0.2, 0) is 23.8 Å². The van der Waals surface area contributed by atoms with E-state index in [2.05, 4.69) is 0 Å². The fourth-order valence-electron chi connectivity index (χ4n) is 4.33. The van der Waals surface area contributed by atoms with Crippen LogP contribution >= 0.6 is 0 Å². The average Bonchev–Trinajstić information content (AvgIpc) is 2.48. The third-order valence-corrected chi connectivity index (χ3v) is 5.17. The van der Waals surface area contributed by atoms with Crippen molar-refractivity contribution in [3.05, 3.63) is 0 Å². The molecule has 26 heavy (non-hydrogen) atoms. The zero-order chi connectivity index (χ0) is 19.5. The van der Waals surface area contributed by atoms with Crippen LogP contribution < -0.4 is 0 Å². The molecule has 150 valence electrons. The van der Waals surface area contributed by atoms with Gasteiger partial charge in [0.2, 0.25) is 0 Å². The lowest BCUT2D eigenvalue weighted by atomic mass is 9.64. The van der Waals surface area contributed by atoms with Gasteiger partial charge in [-0.3, -0.25) is 4.79 Å². The average molecular weight is 369 g/mol. The first-order chi connectivity index (χ1) is 12.0. The fraction of sp³-hybridized carbons (Fsp3) is 0.905. The van der Waals surface area contributed by atoms with Crippen LogP contribution in [0.3, 0.4) is 0 Å². The summed E-state index contributed by atoms with van der Waals surface area (Å²) in [6.07, 6.45) is 6.21. The molecule has 2 aliphatic rings. The van der Waals surface area contributed by atoms with Gasteiger partial charge in [-0.15, -0.1) is 0 Å². The van der Waals surface area contributed by atoms with Crippen LogP contribution in [0.15, 0.2) is 0 Å². The minimum absolute atomic E-state index is 0.112. The molecule has 5 heteroatoms. The Balaban J connectivity index is 2.06. The van der Waals surface area contributed by atoms with Gasteiger partial charge in [0, 0.05) is 0 Å². The van der Waals surface area contributed by atoms with Crippen molar-refractivity contribution >= 4 is 11.9 Å². The van der Waals surface area contributed by atoms with Crippen LogP contribution in [-0.4, -0.2) is 35.9 Å². The van der Waals surface area contributed by atoms with E-state index in [0.29, 0.717) is 11.8 Å². The van der Waals surface area contributed by atoms with E-state index in [1.54, 1.807) is 0 Å². The molecule has 0 radical (unpaired) electrons. The maximum Gasteiger partial charge on any atom is 0.332 e. The SMILES string of the molecule is CC(C)(C)OC(=O)COC1CCC2CCCCC2C1C(=O)OC(C)(C)C. The summed E-state index contributed by atoms with van der Waals surface area (Å²) >= 11 is 0. The van der Waals surface area contributed by atoms with Gasteiger partial charge in [0.05, 0.1) is 12.0 Å². The number of carbonyl (C=O) groups is 2. The summed E-state index contributed by atoms with van der Waals surface area (Å²) in [4.78, 5) is 25.0. The zero-order valence-electron chi connectivity index (χ0n) is 17.3. The predicted molar refractivity (Wildman–Crippen MR) is 99.6 cm³/mol. The number of ether oxygens (including phenoxy) is 3. The van der Waals surface area contributed by atoms with Crippen LogP contribution in [0.2, 0.25) is 0 Å². The van der Waals surface area contributed by atoms with E-state index in [-0.39, 0.29) is 30.6 Å². The highest BCUT2D eigenvalue weighted by molar-refractivity contribution is 5.74. The molecule has 0 amide bonds. The minimum atomic E-state index is -0.536. The molecule has 0 aromatic heterocycles. The van der Waals surface area contributed by atoms with E-state index in [1.165, 1.54) is 12.8 Å². The molecule has 0 saturated heterocycles.